The monoisotopic (exact) mass is 412 g/mol. The van der Waals surface area contributed by atoms with E-state index < -0.39 is 11.3 Å². The lowest BCUT2D eigenvalue weighted by atomic mass is 9.49. The highest BCUT2D eigenvalue weighted by molar-refractivity contribution is 5.98. The lowest BCUT2D eigenvalue weighted by Crippen LogP contribution is -2.56. The van der Waals surface area contributed by atoms with E-state index in [1.807, 2.05) is 38.1 Å². The van der Waals surface area contributed by atoms with Crippen LogP contribution in [0.4, 0.5) is 0 Å². The molecule has 1 unspecified atom stereocenters. The van der Waals surface area contributed by atoms with Gasteiger partial charge < -0.3 is 4.79 Å². The van der Waals surface area contributed by atoms with Crippen LogP contribution in [0.1, 0.15) is 44.9 Å². The van der Waals surface area contributed by atoms with E-state index in [2.05, 4.69) is 48.0 Å². The summed E-state index contributed by atoms with van der Waals surface area (Å²) in [6, 6.07) is 20.6. The molecular formula is C27H28N2O2. The largest absolute Gasteiger partial charge is 0.303 e. The van der Waals surface area contributed by atoms with Crippen LogP contribution in [0.3, 0.4) is 0 Å². The quantitative estimate of drug-likeness (QED) is 0.440. The first-order chi connectivity index (χ1) is 14.9. The van der Waals surface area contributed by atoms with E-state index in [4.69, 9.17) is 5.10 Å². The molecule has 2 aliphatic carbocycles. The second-order valence-corrected chi connectivity index (χ2v) is 9.83. The van der Waals surface area contributed by atoms with E-state index in [0.717, 1.165) is 41.8 Å². The zero-order chi connectivity index (χ0) is 21.8. The van der Waals surface area contributed by atoms with Crippen molar-refractivity contribution in [1.29, 1.82) is 0 Å². The smallest absolute Gasteiger partial charge is 0.148 e. The highest BCUT2D eigenvalue weighted by Crippen LogP contribution is 2.57. The summed E-state index contributed by atoms with van der Waals surface area (Å²) in [4.78, 5) is 24.9. The van der Waals surface area contributed by atoms with Gasteiger partial charge >= 0.3 is 0 Å². The number of para-hydroxylation sites is 1. The molecule has 0 radical (unpaired) electrons. The van der Waals surface area contributed by atoms with Crippen molar-refractivity contribution in [1.82, 2.24) is 9.78 Å². The van der Waals surface area contributed by atoms with Crippen LogP contribution in [0.2, 0.25) is 0 Å². The van der Waals surface area contributed by atoms with Crippen molar-refractivity contribution in [2.45, 2.75) is 45.4 Å². The molecule has 0 N–H and O–H groups in total. The first-order valence-corrected chi connectivity index (χ1v) is 11.1. The van der Waals surface area contributed by atoms with Crippen molar-refractivity contribution in [2.75, 3.05) is 0 Å². The molecular weight excluding hydrogens is 384 g/mol. The Morgan fingerprint density at radius 3 is 2.29 bits per heavy atom. The summed E-state index contributed by atoms with van der Waals surface area (Å²) in [6.07, 6.45) is 3.20. The van der Waals surface area contributed by atoms with E-state index >= 15 is 0 Å². The highest BCUT2D eigenvalue weighted by Gasteiger charge is 2.58. The molecule has 0 amide bonds. The zero-order valence-corrected chi connectivity index (χ0v) is 18.3. The molecule has 1 aromatic heterocycles. The van der Waals surface area contributed by atoms with Gasteiger partial charge in [-0.1, -0.05) is 69.3 Å². The number of fused-ring (bicyclic) bond motifs is 3. The van der Waals surface area contributed by atoms with E-state index in [0.29, 0.717) is 6.42 Å². The van der Waals surface area contributed by atoms with E-state index in [1.165, 1.54) is 5.56 Å². The van der Waals surface area contributed by atoms with Crippen LogP contribution in [-0.2, 0) is 21.4 Å². The number of rotatable bonds is 3. The third-order valence-electron chi connectivity index (χ3n) is 7.68. The van der Waals surface area contributed by atoms with Gasteiger partial charge in [-0.25, -0.2) is 4.68 Å². The fourth-order valence-electron chi connectivity index (χ4n) is 6.27. The highest BCUT2D eigenvalue weighted by atomic mass is 16.1. The fraction of sp³-hybridized carbons (Fsp3) is 0.370. The molecule has 0 saturated heterocycles. The van der Waals surface area contributed by atoms with Gasteiger partial charge in [0, 0.05) is 22.0 Å². The third-order valence-corrected chi connectivity index (χ3v) is 7.68. The molecule has 4 nitrogen and oxygen atoms in total. The maximum atomic E-state index is 13.0. The minimum absolute atomic E-state index is 0.0826. The number of aromatic nitrogens is 2. The summed E-state index contributed by atoms with van der Waals surface area (Å²) in [5.41, 5.74) is 4.73. The summed E-state index contributed by atoms with van der Waals surface area (Å²) in [6.45, 7) is 6.26. The Morgan fingerprint density at radius 1 is 1.00 bits per heavy atom. The van der Waals surface area contributed by atoms with Gasteiger partial charge in [0.05, 0.1) is 23.0 Å². The van der Waals surface area contributed by atoms with Gasteiger partial charge in [-0.3, -0.25) is 4.79 Å². The van der Waals surface area contributed by atoms with Crippen molar-refractivity contribution < 1.29 is 9.59 Å². The number of benzene rings is 2. The summed E-state index contributed by atoms with van der Waals surface area (Å²) in [5, 5.41) is 5.20. The Morgan fingerprint density at radius 2 is 1.65 bits per heavy atom. The van der Waals surface area contributed by atoms with Gasteiger partial charge in [-0.05, 0) is 37.3 Å². The minimum atomic E-state index is -0.566. The summed E-state index contributed by atoms with van der Waals surface area (Å²) in [7, 11) is 0. The van der Waals surface area contributed by atoms with Crippen LogP contribution in [-0.4, -0.2) is 21.8 Å². The van der Waals surface area contributed by atoms with Gasteiger partial charge in [0.2, 0.25) is 0 Å². The van der Waals surface area contributed by atoms with Crippen LogP contribution in [0, 0.1) is 17.3 Å². The SMILES string of the molecule is CC1(C)C(=O)C(C=O)C[C@]2(C)c3nn(-c4ccccc4)c(-c4ccccc4)c3CC[C@@H]12. The average Bonchev–Trinajstić information content (AvgIpc) is 3.18. The lowest BCUT2D eigenvalue weighted by Gasteiger charge is -2.53. The number of aldehydes is 1. The van der Waals surface area contributed by atoms with Crippen molar-refractivity contribution >= 4 is 12.1 Å². The predicted molar refractivity (Wildman–Crippen MR) is 121 cm³/mol. The lowest BCUT2D eigenvalue weighted by molar-refractivity contribution is -0.145. The first kappa shape index (κ1) is 19.9. The minimum Gasteiger partial charge on any atom is -0.303 e. The number of ketones is 1. The Kier molecular flexibility index (Phi) is 4.51. The van der Waals surface area contributed by atoms with Gasteiger partial charge in [-0.2, -0.15) is 5.10 Å². The number of hydrogen-bond donors (Lipinski definition) is 0. The number of carbonyl (C=O) groups is 2. The molecule has 4 heteroatoms. The molecule has 0 spiro atoms. The summed E-state index contributed by atoms with van der Waals surface area (Å²) in [5.74, 6) is -0.317. The number of carbonyl (C=O) groups excluding carboxylic acids is 2. The Labute approximate surface area is 183 Å². The maximum Gasteiger partial charge on any atom is 0.148 e. The number of nitrogens with zero attached hydrogens (tertiary/aromatic N) is 2. The molecule has 0 bridgehead atoms. The van der Waals surface area contributed by atoms with Gasteiger partial charge in [-0.15, -0.1) is 0 Å². The average molecular weight is 413 g/mol. The van der Waals surface area contributed by atoms with Crippen LogP contribution in [0.5, 0.6) is 0 Å². The number of hydrogen-bond acceptors (Lipinski definition) is 3. The van der Waals surface area contributed by atoms with Crippen LogP contribution in [0.25, 0.3) is 16.9 Å². The first-order valence-electron chi connectivity index (χ1n) is 11.1. The Hall–Kier alpha value is -3.01. The van der Waals surface area contributed by atoms with Gasteiger partial charge in [0.25, 0.3) is 0 Å². The van der Waals surface area contributed by atoms with Crippen LogP contribution in [0.15, 0.2) is 60.7 Å². The Bertz CT molecular complexity index is 1150. The molecule has 1 saturated carbocycles. The van der Waals surface area contributed by atoms with Crippen molar-refractivity contribution in [3.05, 3.63) is 71.9 Å². The second kappa shape index (κ2) is 7.01. The van der Waals surface area contributed by atoms with E-state index in [1.54, 1.807) is 0 Å². The molecule has 2 aliphatic rings. The fourth-order valence-corrected chi connectivity index (χ4v) is 6.27. The van der Waals surface area contributed by atoms with Crippen molar-refractivity contribution in [2.24, 2.45) is 17.3 Å². The topological polar surface area (TPSA) is 52.0 Å². The zero-order valence-electron chi connectivity index (χ0n) is 18.3. The third kappa shape index (κ3) is 2.84. The van der Waals surface area contributed by atoms with E-state index in [-0.39, 0.29) is 17.1 Å². The molecule has 0 aliphatic heterocycles. The predicted octanol–water partition coefficient (Wildman–Crippen LogP) is 5.17. The molecule has 3 aromatic rings. The molecule has 158 valence electrons. The molecule has 31 heavy (non-hydrogen) atoms. The van der Waals surface area contributed by atoms with Crippen LogP contribution >= 0.6 is 0 Å². The van der Waals surface area contributed by atoms with Crippen LogP contribution < -0.4 is 0 Å². The normalized spacial score (nSPS) is 26.7. The molecule has 1 heterocycles. The van der Waals surface area contributed by atoms with Crippen molar-refractivity contribution in [3.8, 4) is 16.9 Å². The number of Topliss-reactive ketones (excluding diaryl/α,β-unsaturated/α-hetero) is 1. The van der Waals surface area contributed by atoms with Gasteiger partial charge in [0.15, 0.2) is 0 Å². The standard InChI is InChI=1S/C27H28N2O2/c1-26(2)22-15-14-21-23(18-10-6-4-7-11-18)29(20-12-8-5-9-13-20)28-24(21)27(22,3)16-19(17-30)25(26)31/h4-13,17,19,22H,14-16H2,1-3H3/t19?,22-,27-/m0/s1. The second-order valence-electron chi connectivity index (χ2n) is 9.83. The van der Waals surface area contributed by atoms with Gasteiger partial charge in [0.1, 0.15) is 12.1 Å². The molecule has 3 atom stereocenters. The van der Waals surface area contributed by atoms with E-state index in [9.17, 15) is 9.59 Å². The maximum absolute atomic E-state index is 13.0. The Balaban J connectivity index is 1.76. The molecule has 1 fully saturated rings. The summed E-state index contributed by atoms with van der Waals surface area (Å²) >= 11 is 0. The van der Waals surface area contributed by atoms with Crippen molar-refractivity contribution in [3.63, 3.8) is 0 Å². The summed E-state index contributed by atoms with van der Waals surface area (Å²) < 4.78 is 2.06. The molecule has 2 aromatic carbocycles. The molecule has 5 rings (SSSR count).